The predicted molar refractivity (Wildman–Crippen MR) is 84.9 cm³/mol. The third-order valence-electron chi connectivity index (χ3n) is 3.53. The highest BCUT2D eigenvalue weighted by molar-refractivity contribution is 5.97. The summed E-state index contributed by atoms with van der Waals surface area (Å²) >= 11 is 0. The summed E-state index contributed by atoms with van der Waals surface area (Å²) in [6, 6.07) is 9.08. The van der Waals surface area contributed by atoms with Gasteiger partial charge < -0.3 is 20.1 Å². The van der Waals surface area contributed by atoms with Gasteiger partial charge in [0.05, 0.1) is 5.56 Å². The second kappa shape index (κ2) is 6.95. The normalized spacial score (nSPS) is 13.3. The molecule has 2 aromatic rings. The van der Waals surface area contributed by atoms with Crippen LogP contribution in [0.2, 0.25) is 0 Å². The molecule has 0 aromatic heterocycles. The number of alkyl halides is 3. The van der Waals surface area contributed by atoms with Crippen LogP contribution >= 0.6 is 0 Å². The topological polar surface area (TPSA) is 76.7 Å². The number of carbonyl (C=O) groups is 2. The van der Waals surface area contributed by atoms with Gasteiger partial charge in [0.15, 0.2) is 12.4 Å². The third kappa shape index (κ3) is 4.05. The van der Waals surface area contributed by atoms with E-state index >= 15 is 0 Å². The van der Waals surface area contributed by atoms with Crippen molar-refractivity contribution >= 4 is 17.7 Å². The number of amides is 2. The predicted octanol–water partition coefficient (Wildman–Crippen LogP) is 3.32. The van der Waals surface area contributed by atoms with Gasteiger partial charge >= 0.3 is 12.3 Å². The van der Waals surface area contributed by atoms with Gasteiger partial charge in [-0.2, -0.15) is 13.2 Å². The van der Waals surface area contributed by atoms with E-state index in [4.69, 9.17) is 9.47 Å². The number of para-hydroxylation sites is 1. The van der Waals surface area contributed by atoms with E-state index < -0.39 is 17.8 Å². The van der Waals surface area contributed by atoms with Gasteiger partial charge in [0.25, 0.3) is 5.91 Å². The van der Waals surface area contributed by atoms with Crippen molar-refractivity contribution in [2.75, 3.05) is 11.9 Å². The number of hydrogen-bond donors (Lipinski definition) is 2. The zero-order valence-electron chi connectivity index (χ0n) is 13.2. The van der Waals surface area contributed by atoms with Gasteiger partial charge in [-0.15, -0.1) is 0 Å². The first kappa shape index (κ1) is 17.6. The maximum atomic E-state index is 12.5. The number of benzene rings is 2. The van der Waals surface area contributed by atoms with Gasteiger partial charge in [-0.05, 0) is 29.8 Å². The van der Waals surface area contributed by atoms with Crippen molar-refractivity contribution in [2.45, 2.75) is 12.7 Å². The summed E-state index contributed by atoms with van der Waals surface area (Å²) in [5, 5.41) is 4.98. The molecule has 0 spiro atoms. The lowest BCUT2D eigenvalue weighted by Crippen LogP contribution is -2.29. The first-order chi connectivity index (χ1) is 12.3. The Hall–Kier alpha value is -3.23. The molecule has 0 unspecified atom stereocenters. The van der Waals surface area contributed by atoms with Crippen molar-refractivity contribution in [2.24, 2.45) is 0 Å². The summed E-state index contributed by atoms with van der Waals surface area (Å²) in [6.45, 7) is -0.147. The quantitative estimate of drug-likeness (QED) is 0.874. The molecular weight excluding hydrogens is 353 g/mol. The van der Waals surface area contributed by atoms with Crippen molar-refractivity contribution in [1.82, 2.24) is 5.32 Å². The van der Waals surface area contributed by atoms with Gasteiger partial charge in [-0.1, -0.05) is 18.2 Å². The Balaban J connectivity index is 1.61. The molecule has 0 radical (unpaired) electrons. The molecule has 0 saturated heterocycles. The first-order valence-corrected chi connectivity index (χ1v) is 7.50. The molecule has 2 N–H and O–H groups in total. The summed E-state index contributed by atoms with van der Waals surface area (Å²) in [7, 11) is 0. The molecule has 2 amide bonds. The number of ether oxygens (including phenoxy) is 2. The van der Waals surface area contributed by atoms with E-state index in [1.54, 1.807) is 12.1 Å². The molecule has 3 rings (SSSR count). The smallest absolute Gasteiger partial charge is 0.416 e. The Bertz CT molecular complexity index is 835. The summed E-state index contributed by atoms with van der Waals surface area (Å²) in [4.78, 5) is 23.3. The van der Waals surface area contributed by atoms with Gasteiger partial charge in [0, 0.05) is 6.54 Å². The highest BCUT2D eigenvalue weighted by Gasteiger charge is 2.30. The van der Waals surface area contributed by atoms with Crippen LogP contribution in [-0.4, -0.2) is 18.6 Å². The molecule has 6 nitrogen and oxygen atoms in total. The molecule has 2 aromatic carbocycles. The monoisotopic (exact) mass is 366 g/mol. The summed E-state index contributed by atoms with van der Waals surface area (Å²) in [5.41, 5.74) is -0.0504. The molecule has 136 valence electrons. The average Bonchev–Trinajstić information content (AvgIpc) is 2.60. The molecule has 0 bridgehead atoms. The molecular formula is C17H13F3N2O4. The molecule has 0 fully saturated rings. The van der Waals surface area contributed by atoms with Gasteiger partial charge in [0.1, 0.15) is 11.4 Å². The molecule has 26 heavy (non-hydrogen) atoms. The Kier molecular flexibility index (Phi) is 4.70. The van der Waals surface area contributed by atoms with E-state index in [0.717, 1.165) is 12.1 Å². The van der Waals surface area contributed by atoms with Crippen molar-refractivity contribution in [1.29, 1.82) is 0 Å². The minimum Gasteiger partial charge on any atom is -0.481 e. The van der Waals surface area contributed by atoms with Crippen LogP contribution in [0.15, 0.2) is 42.5 Å². The lowest BCUT2D eigenvalue weighted by Gasteiger charge is -2.20. The van der Waals surface area contributed by atoms with Crippen LogP contribution in [0.3, 0.4) is 0 Å². The molecule has 0 aliphatic carbocycles. The van der Waals surface area contributed by atoms with E-state index in [1.807, 2.05) is 0 Å². The van der Waals surface area contributed by atoms with E-state index in [9.17, 15) is 22.8 Å². The number of anilines is 1. The van der Waals surface area contributed by atoms with Crippen LogP contribution < -0.4 is 20.1 Å². The molecule has 0 atom stereocenters. The maximum absolute atomic E-state index is 12.5. The van der Waals surface area contributed by atoms with Crippen LogP contribution in [0.25, 0.3) is 0 Å². The van der Waals surface area contributed by atoms with Crippen LogP contribution in [-0.2, 0) is 17.5 Å². The van der Waals surface area contributed by atoms with E-state index in [1.165, 1.54) is 18.2 Å². The van der Waals surface area contributed by atoms with E-state index in [-0.39, 0.29) is 30.5 Å². The fraction of sp³-hybridized carbons (Fsp3) is 0.176. The average molecular weight is 366 g/mol. The second-order valence-electron chi connectivity index (χ2n) is 5.40. The lowest BCUT2D eigenvalue weighted by atomic mass is 10.1. The second-order valence-corrected chi connectivity index (χ2v) is 5.40. The molecule has 1 aliphatic heterocycles. The van der Waals surface area contributed by atoms with Crippen LogP contribution in [0.5, 0.6) is 11.5 Å². The largest absolute Gasteiger partial charge is 0.481 e. The van der Waals surface area contributed by atoms with E-state index in [2.05, 4.69) is 10.6 Å². The molecule has 1 aliphatic rings. The van der Waals surface area contributed by atoms with Crippen molar-refractivity contribution in [3.63, 3.8) is 0 Å². The summed E-state index contributed by atoms with van der Waals surface area (Å²) in [6.07, 6.45) is -5.23. The standard InChI is InChI=1S/C17H13F3N2O4/c18-17(19,20)11-6-4-10(5-7-11)8-21-16(24)26-13-3-1-2-12-15(13)22-14(23)9-25-12/h1-7H,8-9H2,(H,21,24)(H,22,23). The SMILES string of the molecule is O=C1COc2cccc(OC(=O)NCc3ccc(C(F)(F)F)cc3)c2N1. The van der Waals surface area contributed by atoms with Crippen molar-refractivity contribution in [3.05, 3.63) is 53.6 Å². The van der Waals surface area contributed by atoms with Crippen LogP contribution in [0.1, 0.15) is 11.1 Å². The van der Waals surface area contributed by atoms with Crippen molar-refractivity contribution in [3.8, 4) is 11.5 Å². The number of fused-ring (bicyclic) bond motifs is 1. The number of nitrogens with one attached hydrogen (secondary N) is 2. The van der Waals surface area contributed by atoms with Gasteiger partial charge in [-0.25, -0.2) is 4.79 Å². The number of halogens is 3. The van der Waals surface area contributed by atoms with Gasteiger partial charge in [-0.3, -0.25) is 4.79 Å². The zero-order valence-corrected chi connectivity index (χ0v) is 13.2. The summed E-state index contributed by atoms with van der Waals surface area (Å²) < 4.78 is 47.9. The van der Waals surface area contributed by atoms with Crippen LogP contribution in [0.4, 0.5) is 23.7 Å². The van der Waals surface area contributed by atoms with E-state index in [0.29, 0.717) is 11.3 Å². The maximum Gasteiger partial charge on any atom is 0.416 e. The lowest BCUT2D eigenvalue weighted by molar-refractivity contribution is -0.137. The highest BCUT2D eigenvalue weighted by atomic mass is 19.4. The van der Waals surface area contributed by atoms with Gasteiger partial charge in [0.2, 0.25) is 0 Å². The number of carbonyl (C=O) groups excluding carboxylic acids is 2. The highest BCUT2D eigenvalue weighted by Crippen LogP contribution is 2.36. The number of hydrogen-bond acceptors (Lipinski definition) is 4. The van der Waals surface area contributed by atoms with Crippen LogP contribution in [0, 0.1) is 0 Å². The fourth-order valence-corrected chi connectivity index (χ4v) is 2.28. The summed E-state index contributed by atoms with van der Waals surface area (Å²) in [5.74, 6) is 0.0943. The Morgan fingerprint density at radius 2 is 1.92 bits per heavy atom. The fourth-order valence-electron chi connectivity index (χ4n) is 2.28. The third-order valence-corrected chi connectivity index (χ3v) is 3.53. The Morgan fingerprint density at radius 3 is 2.62 bits per heavy atom. The zero-order chi connectivity index (χ0) is 18.7. The Morgan fingerprint density at radius 1 is 1.19 bits per heavy atom. The minimum absolute atomic E-state index is 0.0190. The van der Waals surface area contributed by atoms with Crippen molar-refractivity contribution < 1.29 is 32.2 Å². The molecule has 0 saturated carbocycles. The molecule has 1 heterocycles. The molecule has 9 heteroatoms. The first-order valence-electron chi connectivity index (χ1n) is 7.50. The Labute approximate surface area is 145 Å². The minimum atomic E-state index is -4.41. The number of rotatable bonds is 3.